The number of aryl methyl sites for hydroxylation is 1. The summed E-state index contributed by atoms with van der Waals surface area (Å²) in [5.41, 5.74) is 8.49. The molecule has 0 bridgehead atoms. The summed E-state index contributed by atoms with van der Waals surface area (Å²) in [5, 5.41) is 3.22. The van der Waals surface area contributed by atoms with E-state index in [1.165, 1.54) is 5.56 Å². The van der Waals surface area contributed by atoms with Crippen LogP contribution in [0.4, 0.5) is 11.5 Å². The predicted molar refractivity (Wildman–Crippen MR) is 79.2 cm³/mol. The maximum absolute atomic E-state index is 5.56. The maximum atomic E-state index is 5.56. The summed E-state index contributed by atoms with van der Waals surface area (Å²) in [7, 11) is 0. The van der Waals surface area contributed by atoms with Gasteiger partial charge in [0.25, 0.3) is 0 Å². The molecule has 0 aliphatic rings. The van der Waals surface area contributed by atoms with Gasteiger partial charge in [-0.25, -0.2) is 4.98 Å². The summed E-state index contributed by atoms with van der Waals surface area (Å²) in [6.45, 7) is 2.13. The van der Waals surface area contributed by atoms with E-state index in [9.17, 15) is 0 Å². The van der Waals surface area contributed by atoms with Crippen LogP contribution < -0.4 is 11.1 Å². The molecule has 1 aromatic heterocycles. The van der Waals surface area contributed by atoms with E-state index in [4.69, 9.17) is 18.0 Å². The Balaban J connectivity index is 2.17. The molecule has 3 N–H and O–H groups in total. The molecule has 0 unspecified atom stereocenters. The molecule has 0 radical (unpaired) electrons. The highest BCUT2D eigenvalue weighted by molar-refractivity contribution is 7.80. The molecule has 0 aliphatic carbocycles. The van der Waals surface area contributed by atoms with Crippen LogP contribution in [-0.2, 0) is 6.42 Å². The van der Waals surface area contributed by atoms with E-state index in [0.29, 0.717) is 10.7 Å². The normalized spacial score (nSPS) is 10.1. The number of rotatable bonds is 4. The molecular formula is C14H15N3S. The first kappa shape index (κ1) is 12.5. The molecule has 0 aliphatic heterocycles. The zero-order valence-electron chi connectivity index (χ0n) is 10.2. The van der Waals surface area contributed by atoms with Crippen molar-refractivity contribution in [2.24, 2.45) is 5.73 Å². The first-order valence-corrected chi connectivity index (χ1v) is 6.22. The summed E-state index contributed by atoms with van der Waals surface area (Å²) in [5.74, 6) is 0.740. The number of nitrogens with zero attached hydrogens (tertiary/aromatic N) is 1. The average Bonchev–Trinajstić information content (AvgIpc) is 2.40. The van der Waals surface area contributed by atoms with Crippen LogP contribution >= 0.6 is 12.2 Å². The predicted octanol–water partition coefficient (Wildman–Crippen LogP) is 3.02. The van der Waals surface area contributed by atoms with Gasteiger partial charge in [0.15, 0.2) is 0 Å². The molecule has 0 saturated heterocycles. The van der Waals surface area contributed by atoms with Crippen LogP contribution in [0.25, 0.3) is 0 Å². The van der Waals surface area contributed by atoms with Crippen LogP contribution in [-0.4, -0.2) is 9.97 Å². The Morgan fingerprint density at radius 2 is 1.94 bits per heavy atom. The summed E-state index contributed by atoms with van der Waals surface area (Å²) in [6.07, 6.45) is 1.04. The minimum Gasteiger partial charge on any atom is -0.388 e. The third kappa shape index (κ3) is 3.05. The van der Waals surface area contributed by atoms with E-state index in [1.807, 2.05) is 24.3 Å². The molecule has 0 spiro atoms. The highest BCUT2D eigenvalue weighted by Crippen LogP contribution is 2.15. The standard InChI is InChI=1S/C14H15N3S/c1-2-10-6-8-11(9-7-10)16-13-5-3-4-12(17-13)14(15)18/h3-9H,2H2,1H3,(H2,15,18)(H,16,17). The molecule has 1 aromatic carbocycles. The lowest BCUT2D eigenvalue weighted by Gasteiger charge is -2.07. The van der Waals surface area contributed by atoms with Crippen molar-refractivity contribution in [3.05, 3.63) is 53.7 Å². The van der Waals surface area contributed by atoms with Crippen molar-refractivity contribution in [2.45, 2.75) is 13.3 Å². The number of aromatic nitrogens is 1. The van der Waals surface area contributed by atoms with Crippen molar-refractivity contribution < 1.29 is 0 Å². The molecule has 1 heterocycles. The minimum atomic E-state index is 0.306. The number of nitrogens with one attached hydrogen (secondary N) is 1. The molecule has 3 nitrogen and oxygen atoms in total. The summed E-state index contributed by atoms with van der Waals surface area (Å²) >= 11 is 4.91. The fourth-order valence-corrected chi connectivity index (χ4v) is 1.73. The van der Waals surface area contributed by atoms with Gasteiger partial charge in [-0.05, 0) is 36.2 Å². The molecular weight excluding hydrogens is 242 g/mol. The summed E-state index contributed by atoms with van der Waals surface area (Å²) in [6, 6.07) is 13.8. The van der Waals surface area contributed by atoms with Crippen LogP contribution in [0.2, 0.25) is 0 Å². The average molecular weight is 257 g/mol. The minimum absolute atomic E-state index is 0.306. The summed E-state index contributed by atoms with van der Waals surface area (Å²) in [4.78, 5) is 4.64. The van der Waals surface area contributed by atoms with Crippen LogP contribution in [0, 0.1) is 0 Å². The van der Waals surface area contributed by atoms with Crippen LogP contribution in [0.15, 0.2) is 42.5 Å². The van der Waals surface area contributed by atoms with Gasteiger partial charge in [-0.2, -0.15) is 0 Å². The smallest absolute Gasteiger partial charge is 0.131 e. The van der Waals surface area contributed by atoms with Gasteiger partial charge in [0.2, 0.25) is 0 Å². The molecule has 2 rings (SSSR count). The molecule has 4 heteroatoms. The lowest BCUT2D eigenvalue weighted by molar-refractivity contribution is 1.14. The zero-order valence-corrected chi connectivity index (χ0v) is 11.0. The first-order valence-electron chi connectivity index (χ1n) is 5.82. The maximum Gasteiger partial charge on any atom is 0.131 e. The second-order valence-corrected chi connectivity index (χ2v) is 4.39. The fraction of sp³-hybridized carbons (Fsp3) is 0.143. The molecule has 2 aromatic rings. The van der Waals surface area contributed by atoms with Crippen LogP contribution in [0.5, 0.6) is 0 Å². The topological polar surface area (TPSA) is 50.9 Å². The Morgan fingerprint density at radius 1 is 1.22 bits per heavy atom. The largest absolute Gasteiger partial charge is 0.388 e. The van der Waals surface area contributed by atoms with Gasteiger partial charge in [0, 0.05) is 5.69 Å². The zero-order chi connectivity index (χ0) is 13.0. The number of nitrogens with two attached hydrogens (primary N) is 1. The highest BCUT2D eigenvalue weighted by Gasteiger charge is 2.00. The van der Waals surface area contributed by atoms with Gasteiger partial charge in [0.05, 0.1) is 5.69 Å². The third-order valence-corrected chi connectivity index (χ3v) is 2.85. The van der Waals surface area contributed by atoms with Crippen LogP contribution in [0.1, 0.15) is 18.2 Å². The van der Waals surface area contributed by atoms with Crippen molar-refractivity contribution in [1.82, 2.24) is 4.98 Å². The van der Waals surface area contributed by atoms with Crippen molar-refractivity contribution in [1.29, 1.82) is 0 Å². The molecule has 0 saturated carbocycles. The molecule has 0 amide bonds. The first-order chi connectivity index (χ1) is 8.69. The number of benzene rings is 1. The molecule has 18 heavy (non-hydrogen) atoms. The van der Waals surface area contributed by atoms with Gasteiger partial charge in [0.1, 0.15) is 10.8 Å². The molecule has 0 fully saturated rings. The van der Waals surface area contributed by atoms with Gasteiger partial charge < -0.3 is 11.1 Å². The number of hydrogen-bond donors (Lipinski definition) is 2. The number of hydrogen-bond acceptors (Lipinski definition) is 3. The van der Waals surface area contributed by atoms with Crippen molar-refractivity contribution in [2.75, 3.05) is 5.32 Å². The van der Waals surface area contributed by atoms with Crippen molar-refractivity contribution in [3.8, 4) is 0 Å². The van der Waals surface area contributed by atoms with E-state index in [2.05, 4.69) is 29.4 Å². The SMILES string of the molecule is CCc1ccc(Nc2cccc(C(N)=S)n2)cc1. The Hall–Kier alpha value is -1.94. The second kappa shape index (κ2) is 5.60. The number of pyridine rings is 1. The van der Waals surface area contributed by atoms with E-state index in [0.717, 1.165) is 17.9 Å². The fourth-order valence-electron chi connectivity index (χ4n) is 1.61. The van der Waals surface area contributed by atoms with E-state index in [1.54, 1.807) is 6.07 Å². The number of thiocarbonyl (C=S) groups is 1. The van der Waals surface area contributed by atoms with E-state index < -0.39 is 0 Å². The summed E-state index contributed by atoms with van der Waals surface area (Å²) < 4.78 is 0. The third-order valence-electron chi connectivity index (χ3n) is 2.64. The molecule has 92 valence electrons. The monoisotopic (exact) mass is 257 g/mol. The van der Waals surface area contributed by atoms with Crippen LogP contribution in [0.3, 0.4) is 0 Å². The van der Waals surface area contributed by atoms with Gasteiger partial charge >= 0.3 is 0 Å². The Kier molecular flexibility index (Phi) is 3.89. The lowest BCUT2D eigenvalue weighted by Crippen LogP contribution is -2.12. The quantitative estimate of drug-likeness (QED) is 0.827. The van der Waals surface area contributed by atoms with Gasteiger partial charge in [-0.3, -0.25) is 0 Å². The Morgan fingerprint density at radius 3 is 2.56 bits per heavy atom. The number of anilines is 2. The van der Waals surface area contributed by atoms with Crippen molar-refractivity contribution >= 4 is 28.7 Å². The molecule has 0 atom stereocenters. The lowest BCUT2D eigenvalue weighted by atomic mass is 10.1. The van der Waals surface area contributed by atoms with Gasteiger partial charge in [-0.1, -0.05) is 37.3 Å². The Labute approximate surface area is 112 Å². The second-order valence-electron chi connectivity index (χ2n) is 3.95. The van der Waals surface area contributed by atoms with Gasteiger partial charge in [-0.15, -0.1) is 0 Å². The van der Waals surface area contributed by atoms with Crippen molar-refractivity contribution in [3.63, 3.8) is 0 Å². The highest BCUT2D eigenvalue weighted by atomic mass is 32.1. The Bertz CT molecular complexity index is 549. The van der Waals surface area contributed by atoms with E-state index >= 15 is 0 Å². The van der Waals surface area contributed by atoms with E-state index in [-0.39, 0.29) is 0 Å².